The molecule has 0 bridgehead atoms. The summed E-state index contributed by atoms with van der Waals surface area (Å²) in [6.45, 7) is 4.80. The highest BCUT2D eigenvalue weighted by molar-refractivity contribution is 6.01. The van der Waals surface area contributed by atoms with Crippen LogP contribution in [0.3, 0.4) is 0 Å². The number of piperazine rings is 1. The van der Waals surface area contributed by atoms with Crippen molar-refractivity contribution in [3.63, 3.8) is 0 Å². The van der Waals surface area contributed by atoms with Crippen LogP contribution < -0.4 is 5.73 Å². The molecule has 2 heterocycles. The predicted octanol–water partition coefficient (Wildman–Crippen LogP) is 1.08. The summed E-state index contributed by atoms with van der Waals surface area (Å²) in [4.78, 5) is 31.1. The molecule has 0 atom stereocenters. The molecule has 3 rings (SSSR count). The lowest BCUT2D eigenvalue weighted by Gasteiger charge is -2.34. The Bertz CT molecular complexity index is 813. The van der Waals surface area contributed by atoms with Crippen LogP contribution >= 0.6 is 0 Å². The van der Waals surface area contributed by atoms with Gasteiger partial charge in [-0.25, -0.2) is 0 Å². The zero-order chi connectivity index (χ0) is 18.7. The lowest BCUT2D eigenvalue weighted by Crippen LogP contribution is -2.48. The average Bonchev–Trinajstić information content (AvgIpc) is 3.09. The summed E-state index contributed by atoms with van der Waals surface area (Å²) < 4.78 is 5.09. The fourth-order valence-electron chi connectivity index (χ4n) is 2.88. The molecule has 0 saturated carbocycles. The SMILES string of the molecule is CCc1nc(CN2CCN(C(=O)c3cccc([N+](=O)[O-])c3N)CC2)no1. The zero-order valence-electron chi connectivity index (χ0n) is 14.4. The number of carbonyl (C=O) groups is 1. The number of nitrogens with two attached hydrogens (primary N) is 1. The van der Waals surface area contributed by atoms with Crippen molar-refractivity contribution in [2.45, 2.75) is 19.9 Å². The normalized spacial score (nSPS) is 15.2. The third kappa shape index (κ3) is 3.64. The largest absolute Gasteiger partial charge is 0.393 e. The maximum absolute atomic E-state index is 12.7. The van der Waals surface area contributed by atoms with Gasteiger partial charge in [0.1, 0.15) is 5.69 Å². The zero-order valence-corrected chi connectivity index (χ0v) is 14.4. The van der Waals surface area contributed by atoms with Gasteiger partial charge in [-0.1, -0.05) is 18.1 Å². The number of carbonyl (C=O) groups excluding carboxylic acids is 1. The third-order valence-corrected chi connectivity index (χ3v) is 4.35. The summed E-state index contributed by atoms with van der Waals surface area (Å²) in [6.07, 6.45) is 0.694. The van der Waals surface area contributed by atoms with E-state index in [1.807, 2.05) is 6.92 Å². The number of nitro groups is 1. The molecular formula is C16H20N6O4. The standard InChI is InChI=1S/C16H20N6O4/c1-2-14-18-13(19-26-14)10-20-6-8-21(9-7-20)16(23)11-4-3-5-12(15(11)17)22(24)25/h3-5H,2,6-10,17H2,1H3. The van der Waals surface area contributed by atoms with Crippen molar-refractivity contribution in [3.05, 3.63) is 45.6 Å². The second kappa shape index (κ2) is 7.48. The third-order valence-electron chi connectivity index (χ3n) is 4.35. The maximum Gasteiger partial charge on any atom is 0.292 e. The van der Waals surface area contributed by atoms with Crippen molar-refractivity contribution in [3.8, 4) is 0 Å². The lowest BCUT2D eigenvalue weighted by atomic mass is 10.1. The van der Waals surface area contributed by atoms with E-state index in [1.165, 1.54) is 18.2 Å². The Kier molecular flexibility index (Phi) is 5.12. The number of hydrogen-bond donors (Lipinski definition) is 1. The first kappa shape index (κ1) is 17.8. The number of rotatable bonds is 5. The highest BCUT2D eigenvalue weighted by Crippen LogP contribution is 2.26. The molecule has 2 aromatic rings. The van der Waals surface area contributed by atoms with Crippen LogP contribution in [0.4, 0.5) is 11.4 Å². The molecule has 0 unspecified atom stereocenters. The highest BCUT2D eigenvalue weighted by atomic mass is 16.6. The number of nitro benzene ring substituents is 1. The Morgan fingerprint density at radius 1 is 1.35 bits per heavy atom. The molecule has 0 radical (unpaired) electrons. The molecule has 1 fully saturated rings. The van der Waals surface area contributed by atoms with Gasteiger partial charge in [-0.2, -0.15) is 4.98 Å². The van der Waals surface area contributed by atoms with Crippen molar-refractivity contribution >= 4 is 17.3 Å². The van der Waals surface area contributed by atoms with E-state index in [4.69, 9.17) is 10.3 Å². The number of amides is 1. The summed E-state index contributed by atoms with van der Waals surface area (Å²) in [7, 11) is 0. The number of para-hydroxylation sites is 1. The number of hydrogen-bond acceptors (Lipinski definition) is 8. The van der Waals surface area contributed by atoms with Crippen molar-refractivity contribution in [1.29, 1.82) is 0 Å². The monoisotopic (exact) mass is 360 g/mol. The van der Waals surface area contributed by atoms with Gasteiger partial charge in [-0.15, -0.1) is 0 Å². The van der Waals surface area contributed by atoms with Gasteiger partial charge in [0.25, 0.3) is 11.6 Å². The van der Waals surface area contributed by atoms with Crippen LogP contribution in [0.5, 0.6) is 0 Å². The Hall–Kier alpha value is -3.01. The van der Waals surface area contributed by atoms with Crippen LogP contribution in [0.15, 0.2) is 22.7 Å². The molecule has 0 aliphatic carbocycles. The summed E-state index contributed by atoms with van der Waals surface area (Å²) in [5, 5.41) is 14.9. The Morgan fingerprint density at radius 2 is 2.08 bits per heavy atom. The quantitative estimate of drug-likeness (QED) is 0.476. The van der Waals surface area contributed by atoms with Crippen molar-refractivity contribution in [1.82, 2.24) is 19.9 Å². The topological polar surface area (TPSA) is 132 Å². The molecular weight excluding hydrogens is 340 g/mol. The molecule has 1 aromatic heterocycles. The van der Waals surface area contributed by atoms with E-state index in [-0.39, 0.29) is 22.8 Å². The van der Waals surface area contributed by atoms with Crippen LogP contribution in [0.2, 0.25) is 0 Å². The minimum absolute atomic E-state index is 0.0937. The van der Waals surface area contributed by atoms with Gasteiger partial charge in [-0.3, -0.25) is 19.8 Å². The van der Waals surface area contributed by atoms with E-state index in [9.17, 15) is 14.9 Å². The van der Waals surface area contributed by atoms with Gasteiger partial charge in [-0.05, 0) is 6.07 Å². The minimum atomic E-state index is -0.584. The van der Waals surface area contributed by atoms with Gasteiger partial charge < -0.3 is 15.2 Å². The molecule has 0 spiro atoms. The first-order chi connectivity index (χ1) is 12.5. The molecule has 26 heavy (non-hydrogen) atoms. The molecule has 138 valence electrons. The average molecular weight is 360 g/mol. The number of nitrogens with zero attached hydrogens (tertiary/aromatic N) is 5. The first-order valence-electron chi connectivity index (χ1n) is 8.35. The molecule has 1 saturated heterocycles. The fourth-order valence-corrected chi connectivity index (χ4v) is 2.88. The van der Waals surface area contributed by atoms with E-state index in [0.717, 1.165) is 0 Å². The van der Waals surface area contributed by atoms with Crippen LogP contribution in [0.1, 0.15) is 29.0 Å². The van der Waals surface area contributed by atoms with Crippen molar-refractivity contribution < 1.29 is 14.2 Å². The number of benzene rings is 1. The molecule has 1 aliphatic rings. The van der Waals surface area contributed by atoms with E-state index < -0.39 is 4.92 Å². The second-order valence-electron chi connectivity index (χ2n) is 6.02. The Balaban J connectivity index is 1.62. The van der Waals surface area contributed by atoms with Crippen LogP contribution in [0, 0.1) is 10.1 Å². The van der Waals surface area contributed by atoms with Crippen LogP contribution in [-0.2, 0) is 13.0 Å². The van der Waals surface area contributed by atoms with Gasteiger partial charge in [0.05, 0.1) is 17.0 Å². The highest BCUT2D eigenvalue weighted by Gasteiger charge is 2.26. The lowest BCUT2D eigenvalue weighted by molar-refractivity contribution is -0.383. The number of nitrogen functional groups attached to an aromatic ring is 1. The Morgan fingerprint density at radius 3 is 2.69 bits per heavy atom. The van der Waals surface area contributed by atoms with Crippen molar-refractivity contribution in [2.75, 3.05) is 31.9 Å². The van der Waals surface area contributed by atoms with Gasteiger partial charge in [0.2, 0.25) is 5.89 Å². The van der Waals surface area contributed by atoms with Gasteiger partial charge in [0.15, 0.2) is 5.82 Å². The number of aryl methyl sites for hydroxylation is 1. The molecule has 10 heteroatoms. The van der Waals surface area contributed by atoms with E-state index in [2.05, 4.69) is 15.0 Å². The Labute approximate surface area is 149 Å². The molecule has 2 N–H and O–H groups in total. The molecule has 1 aromatic carbocycles. The number of aromatic nitrogens is 2. The number of anilines is 1. The minimum Gasteiger partial charge on any atom is -0.393 e. The van der Waals surface area contributed by atoms with Crippen molar-refractivity contribution in [2.24, 2.45) is 0 Å². The fraction of sp³-hybridized carbons (Fsp3) is 0.438. The maximum atomic E-state index is 12.7. The van der Waals surface area contributed by atoms with E-state index in [0.29, 0.717) is 50.9 Å². The smallest absolute Gasteiger partial charge is 0.292 e. The van der Waals surface area contributed by atoms with Gasteiger partial charge in [0, 0.05) is 38.7 Å². The molecule has 1 amide bonds. The second-order valence-corrected chi connectivity index (χ2v) is 6.02. The van der Waals surface area contributed by atoms with Gasteiger partial charge >= 0.3 is 0 Å². The predicted molar refractivity (Wildman–Crippen MR) is 92.4 cm³/mol. The first-order valence-corrected chi connectivity index (χ1v) is 8.35. The summed E-state index contributed by atoms with van der Waals surface area (Å²) in [5.74, 6) is 0.943. The summed E-state index contributed by atoms with van der Waals surface area (Å²) in [6, 6.07) is 4.28. The summed E-state index contributed by atoms with van der Waals surface area (Å²) in [5.41, 5.74) is 5.63. The summed E-state index contributed by atoms with van der Waals surface area (Å²) >= 11 is 0. The van der Waals surface area contributed by atoms with E-state index >= 15 is 0 Å². The van der Waals surface area contributed by atoms with Crippen LogP contribution in [0.25, 0.3) is 0 Å². The molecule has 1 aliphatic heterocycles. The molecule has 10 nitrogen and oxygen atoms in total. The van der Waals surface area contributed by atoms with Crippen LogP contribution in [-0.4, -0.2) is 56.9 Å². The van der Waals surface area contributed by atoms with E-state index in [1.54, 1.807) is 4.90 Å².